The molecule has 2 aromatic carbocycles. The number of hydrogen-bond donors (Lipinski definition) is 1. The van der Waals surface area contributed by atoms with Gasteiger partial charge in [0, 0.05) is 35.2 Å². The van der Waals surface area contributed by atoms with E-state index in [2.05, 4.69) is 9.97 Å². The zero-order valence-electron chi connectivity index (χ0n) is 14.0. The number of nitrogens with one attached hydrogen (secondary N) is 1. The summed E-state index contributed by atoms with van der Waals surface area (Å²) >= 11 is 0. The second-order valence-corrected chi connectivity index (χ2v) is 5.80. The van der Waals surface area contributed by atoms with Crippen molar-refractivity contribution in [3.8, 4) is 34.1 Å². The van der Waals surface area contributed by atoms with Crippen LogP contribution in [0.5, 0.6) is 5.75 Å². The molecule has 126 valence electrons. The molecule has 0 aliphatic rings. The second kappa shape index (κ2) is 6.34. The van der Waals surface area contributed by atoms with Gasteiger partial charge in [0.1, 0.15) is 17.6 Å². The van der Waals surface area contributed by atoms with Gasteiger partial charge in [-0.2, -0.15) is 5.26 Å². The smallest absolute Gasteiger partial charge is 0.149 e. The third kappa shape index (κ3) is 2.49. The zero-order chi connectivity index (χ0) is 18.1. The molecule has 26 heavy (non-hydrogen) atoms. The number of fused-ring (bicyclic) bond motifs is 1. The zero-order valence-corrected chi connectivity index (χ0v) is 14.0. The van der Waals surface area contributed by atoms with Crippen molar-refractivity contribution in [3.05, 3.63) is 72.3 Å². The molecule has 1 N–H and O–H groups in total. The predicted octanol–water partition coefficient (Wildman–Crippen LogP) is 4.92. The summed E-state index contributed by atoms with van der Waals surface area (Å²) in [6.45, 7) is 0. The molecule has 0 bridgehead atoms. The van der Waals surface area contributed by atoms with Gasteiger partial charge in [-0.05, 0) is 17.7 Å². The number of ether oxygens (including phenoxy) is 1. The average Bonchev–Trinajstić information content (AvgIpc) is 3.16. The summed E-state index contributed by atoms with van der Waals surface area (Å²) in [5.74, 6) is -0.143. The first kappa shape index (κ1) is 15.9. The summed E-state index contributed by atoms with van der Waals surface area (Å²) < 4.78 is 20.7. The summed E-state index contributed by atoms with van der Waals surface area (Å²) in [5, 5.41) is 9.34. The third-order valence-corrected chi connectivity index (χ3v) is 4.32. The van der Waals surface area contributed by atoms with Gasteiger partial charge in [0.05, 0.1) is 23.7 Å². The molecule has 5 heteroatoms. The Morgan fingerprint density at radius 3 is 2.62 bits per heavy atom. The van der Waals surface area contributed by atoms with E-state index in [1.807, 2.05) is 48.5 Å². The van der Waals surface area contributed by atoms with Crippen LogP contribution in [0.1, 0.15) is 5.56 Å². The Morgan fingerprint density at radius 1 is 1.08 bits per heavy atom. The number of aromatic nitrogens is 2. The molecule has 0 atom stereocenters. The highest BCUT2D eigenvalue weighted by Gasteiger charge is 2.22. The van der Waals surface area contributed by atoms with E-state index in [0.29, 0.717) is 22.4 Å². The molecule has 0 amide bonds. The Kier molecular flexibility index (Phi) is 3.86. The molecule has 0 radical (unpaired) electrons. The largest absolute Gasteiger partial charge is 0.496 e. The van der Waals surface area contributed by atoms with Gasteiger partial charge in [0.25, 0.3) is 0 Å². The van der Waals surface area contributed by atoms with Gasteiger partial charge in [0.15, 0.2) is 0 Å². The number of benzene rings is 2. The van der Waals surface area contributed by atoms with E-state index in [1.165, 1.54) is 13.2 Å². The lowest BCUT2D eigenvalue weighted by molar-refractivity contribution is 0.415. The number of methoxy groups -OCH3 is 1. The first-order valence-electron chi connectivity index (χ1n) is 8.02. The second-order valence-electron chi connectivity index (χ2n) is 5.80. The number of nitrogens with zero attached hydrogens (tertiary/aromatic N) is 2. The van der Waals surface area contributed by atoms with Crippen molar-refractivity contribution < 1.29 is 9.13 Å². The normalized spacial score (nSPS) is 10.7. The predicted molar refractivity (Wildman–Crippen MR) is 98.2 cm³/mol. The van der Waals surface area contributed by atoms with Crippen LogP contribution in [0.2, 0.25) is 0 Å². The van der Waals surface area contributed by atoms with Crippen LogP contribution in [0.25, 0.3) is 33.3 Å². The molecular weight excluding hydrogens is 329 g/mol. The monoisotopic (exact) mass is 343 g/mol. The fourth-order valence-corrected chi connectivity index (χ4v) is 3.11. The molecule has 4 rings (SSSR count). The molecule has 4 nitrogen and oxygen atoms in total. The summed E-state index contributed by atoms with van der Waals surface area (Å²) in [6.07, 6.45) is 3.39. The number of hydrogen-bond acceptors (Lipinski definition) is 3. The molecule has 0 saturated heterocycles. The maximum absolute atomic E-state index is 15.2. The van der Waals surface area contributed by atoms with Gasteiger partial charge in [-0.25, -0.2) is 4.39 Å². The van der Waals surface area contributed by atoms with E-state index >= 15 is 4.39 Å². The van der Waals surface area contributed by atoms with E-state index in [0.717, 1.165) is 16.6 Å². The number of nitriles is 1. The van der Waals surface area contributed by atoms with E-state index in [-0.39, 0.29) is 5.56 Å². The summed E-state index contributed by atoms with van der Waals surface area (Å²) in [4.78, 5) is 7.47. The first-order valence-corrected chi connectivity index (χ1v) is 8.02. The minimum atomic E-state index is -0.583. The maximum atomic E-state index is 15.2. The van der Waals surface area contributed by atoms with Gasteiger partial charge in [-0.1, -0.05) is 30.3 Å². The Bertz CT molecular complexity index is 1140. The third-order valence-electron chi connectivity index (χ3n) is 4.32. The molecule has 0 aliphatic carbocycles. The van der Waals surface area contributed by atoms with Crippen LogP contribution in [0.4, 0.5) is 4.39 Å². The van der Waals surface area contributed by atoms with E-state index in [1.54, 1.807) is 12.4 Å². The van der Waals surface area contributed by atoms with Crippen LogP contribution in [0.3, 0.4) is 0 Å². The maximum Gasteiger partial charge on any atom is 0.149 e. The number of rotatable bonds is 3. The molecule has 0 spiro atoms. The molecule has 4 aromatic rings. The van der Waals surface area contributed by atoms with Crippen molar-refractivity contribution in [1.82, 2.24) is 9.97 Å². The van der Waals surface area contributed by atoms with Crippen LogP contribution < -0.4 is 4.74 Å². The minimum Gasteiger partial charge on any atom is -0.496 e. The lowest BCUT2D eigenvalue weighted by atomic mass is 9.91. The topological polar surface area (TPSA) is 61.7 Å². The number of pyridine rings is 1. The highest BCUT2D eigenvalue weighted by Crippen LogP contribution is 2.42. The van der Waals surface area contributed by atoms with Crippen molar-refractivity contribution in [3.63, 3.8) is 0 Å². The van der Waals surface area contributed by atoms with Gasteiger partial charge in [-0.3, -0.25) is 4.98 Å². The molecule has 0 saturated carbocycles. The molecule has 0 fully saturated rings. The molecule has 2 aromatic heterocycles. The van der Waals surface area contributed by atoms with Crippen molar-refractivity contribution >= 4 is 11.0 Å². The Morgan fingerprint density at radius 2 is 1.88 bits per heavy atom. The summed E-state index contributed by atoms with van der Waals surface area (Å²) in [5.41, 5.74) is 3.79. The van der Waals surface area contributed by atoms with Crippen molar-refractivity contribution in [2.75, 3.05) is 7.11 Å². The Balaban J connectivity index is 2.10. The van der Waals surface area contributed by atoms with Gasteiger partial charge >= 0.3 is 0 Å². The van der Waals surface area contributed by atoms with E-state index in [4.69, 9.17) is 4.74 Å². The molecule has 0 unspecified atom stereocenters. The Hall–Kier alpha value is -3.65. The van der Waals surface area contributed by atoms with Crippen molar-refractivity contribution in [2.45, 2.75) is 0 Å². The quantitative estimate of drug-likeness (QED) is 0.574. The molecule has 0 aliphatic heterocycles. The number of halogens is 1. The molecular formula is C21H14FN3O. The fourth-order valence-electron chi connectivity index (χ4n) is 3.11. The average molecular weight is 343 g/mol. The lowest BCUT2D eigenvalue weighted by Crippen LogP contribution is -1.99. The summed E-state index contributed by atoms with van der Waals surface area (Å²) in [6, 6.07) is 16.4. The van der Waals surface area contributed by atoms with Crippen molar-refractivity contribution in [2.24, 2.45) is 0 Å². The molecule has 2 heterocycles. The van der Waals surface area contributed by atoms with Crippen LogP contribution >= 0.6 is 0 Å². The van der Waals surface area contributed by atoms with Crippen LogP contribution in [-0.4, -0.2) is 17.1 Å². The summed E-state index contributed by atoms with van der Waals surface area (Å²) in [7, 11) is 1.51. The highest BCUT2D eigenvalue weighted by molar-refractivity contribution is 5.91. The van der Waals surface area contributed by atoms with Gasteiger partial charge < -0.3 is 9.72 Å². The van der Waals surface area contributed by atoms with E-state index in [9.17, 15) is 5.26 Å². The van der Waals surface area contributed by atoms with Gasteiger partial charge in [-0.15, -0.1) is 0 Å². The standard InChI is InChI=1S/C21H14FN3O/c1-26-18-10-14(11-23)21(22)20(19(18)13-5-3-2-4-6-13)15-9-17-16(25-12-15)7-8-24-17/h2-10,12,24H,1H3. The van der Waals surface area contributed by atoms with Crippen molar-refractivity contribution in [1.29, 1.82) is 5.26 Å². The minimum absolute atomic E-state index is 0.0666. The number of aromatic amines is 1. The van der Waals surface area contributed by atoms with Gasteiger partial charge in [0.2, 0.25) is 0 Å². The Labute approximate surface area is 149 Å². The lowest BCUT2D eigenvalue weighted by Gasteiger charge is -2.16. The number of H-pyrrole nitrogens is 1. The highest BCUT2D eigenvalue weighted by atomic mass is 19.1. The van der Waals surface area contributed by atoms with E-state index < -0.39 is 5.82 Å². The fraction of sp³-hybridized carbons (Fsp3) is 0.0476. The first-order chi connectivity index (χ1) is 12.7. The van der Waals surface area contributed by atoms with Crippen LogP contribution in [0, 0.1) is 17.1 Å². The van der Waals surface area contributed by atoms with Crippen LogP contribution in [-0.2, 0) is 0 Å². The van der Waals surface area contributed by atoms with Crippen LogP contribution in [0.15, 0.2) is 60.9 Å². The SMILES string of the molecule is COc1cc(C#N)c(F)c(-c2cnc3cc[nH]c3c2)c1-c1ccccc1.